The van der Waals surface area contributed by atoms with Gasteiger partial charge in [-0.25, -0.2) is 19.6 Å². The summed E-state index contributed by atoms with van der Waals surface area (Å²) in [6.07, 6.45) is 3.27. The SMILES string of the molecule is N#CCN1CC(c2nc(-c3ncccn3)no2)C1.O=C(O)C(=O)O. The molecule has 0 bridgehead atoms. The lowest BCUT2D eigenvalue weighted by molar-refractivity contribution is -0.159. The van der Waals surface area contributed by atoms with Crippen LogP contribution in [0.4, 0.5) is 0 Å². The van der Waals surface area contributed by atoms with Gasteiger partial charge in [-0.1, -0.05) is 5.16 Å². The van der Waals surface area contributed by atoms with Crippen molar-refractivity contribution >= 4 is 11.9 Å². The fourth-order valence-corrected chi connectivity index (χ4v) is 1.86. The number of aromatic nitrogens is 4. The van der Waals surface area contributed by atoms with Gasteiger partial charge in [-0.05, 0) is 6.07 Å². The molecule has 0 unspecified atom stereocenters. The Morgan fingerprint density at radius 2 is 1.88 bits per heavy atom. The van der Waals surface area contributed by atoms with Gasteiger partial charge in [-0.2, -0.15) is 10.2 Å². The van der Waals surface area contributed by atoms with E-state index in [4.69, 9.17) is 29.6 Å². The van der Waals surface area contributed by atoms with Crippen LogP contribution in [0.1, 0.15) is 11.8 Å². The first-order valence-corrected chi connectivity index (χ1v) is 6.67. The highest BCUT2D eigenvalue weighted by Crippen LogP contribution is 2.26. The third-order valence-electron chi connectivity index (χ3n) is 2.99. The molecule has 3 heterocycles. The third kappa shape index (κ3) is 4.31. The minimum absolute atomic E-state index is 0.211. The zero-order valence-electron chi connectivity index (χ0n) is 12.2. The smallest absolute Gasteiger partial charge is 0.414 e. The summed E-state index contributed by atoms with van der Waals surface area (Å²) in [7, 11) is 0. The number of likely N-dealkylation sites (tertiary alicyclic amines) is 1. The van der Waals surface area contributed by atoms with Crippen LogP contribution < -0.4 is 0 Å². The van der Waals surface area contributed by atoms with Crippen LogP contribution in [-0.4, -0.2) is 66.8 Å². The lowest BCUT2D eigenvalue weighted by Crippen LogP contribution is -2.45. The zero-order chi connectivity index (χ0) is 17.5. The number of nitriles is 1. The largest absolute Gasteiger partial charge is 0.473 e. The van der Waals surface area contributed by atoms with E-state index in [0.717, 1.165) is 13.1 Å². The van der Waals surface area contributed by atoms with Crippen molar-refractivity contribution in [3.8, 4) is 17.7 Å². The van der Waals surface area contributed by atoms with Crippen molar-refractivity contribution in [1.29, 1.82) is 5.26 Å². The van der Waals surface area contributed by atoms with E-state index >= 15 is 0 Å². The summed E-state index contributed by atoms with van der Waals surface area (Å²) in [5, 5.41) is 27.2. The predicted molar refractivity (Wildman–Crippen MR) is 75.4 cm³/mol. The van der Waals surface area contributed by atoms with Gasteiger partial charge in [0.05, 0.1) is 18.5 Å². The first kappa shape index (κ1) is 17.0. The minimum Gasteiger partial charge on any atom is -0.473 e. The Labute approximate surface area is 135 Å². The molecule has 124 valence electrons. The van der Waals surface area contributed by atoms with Crippen molar-refractivity contribution in [2.45, 2.75) is 5.92 Å². The van der Waals surface area contributed by atoms with Crippen LogP contribution in [0.5, 0.6) is 0 Å². The summed E-state index contributed by atoms with van der Waals surface area (Å²) >= 11 is 0. The molecule has 3 rings (SSSR count). The molecule has 0 atom stereocenters. The lowest BCUT2D eigenvalue weighted by atomic mass is 10.0. The molecule has 0 aliphatic carbocycles. The quantitative estimate of drug-likeness (QED) is 0.554. The molecule has 0 radical (unpaired) electrons. The molecule has 1 aliphatic heterocycles. The number of aliphatic carboxylic acids is 2. The average molecular weight is 332 g/mol. The predicted octanol–water partition coefficient (Wildman–Crippen LogP) is -0.395. The number of hydrogen-bond acceptors (Lipinski definition) is 9. The summed E-state index contributed by atoms with van der Waals surface area (Å²) in [6.45, 7) is 2.01. The number of carboxylic acid groups (broad SMARTS) is 2. The molecule has 2 aromatic rings. The second-order valence-corrected chi connectivity index (χ2v) is 4.69. The summed E-state index contributed by atoms with van der Waals surface area (Å²) < 4.78 is 5.20. The molecule has 1 fully saturated rings. The number of nitrogens with zero attached hydrogens (tertiary/aromatic N) is 6. The fraction of sp³-hybridized carbons (Fsp3) is 0.308. The van der Waals surface area contributed by atoms with E-state index in [0.29, 0.717) is 24.1 Å². The summed E-state index contributed by atoms with van der Waals surface area (Å²) in [5.74, 6) is -1.98. The van der Waals surface area contributed by atoms with Crippen LogP contribution in [-0.2, 0) is 9.59 Å². The number of hydrogen-bond donors (Lipinski definition) is 2. The van der Waals surface area contributed by atoms with E-state index in [1.807, 2.05) is 4.90 Å². The average Bonchev–Trinajstić information content (AvgIpc) is 3.01. The number of carbonyl (C=O) groups is 2. The highest BCUT2D eigenvalue weighted by atomic mass is 16.5. The Bertz CT molecular complexity index is 738. The van der Waals surface area contributed by atoms with Crippen LogP contribution in [0.2, 0.25) is 0 Å². The maximum atomic E-state index is 9.10. The summed E-state index contributed by atoms with van der Waals surface area (Å²) in [4.78, 5) is 32.6. The summed E-state index contributed by atoms with van der Waals surface area (Å²) in [5.41, 5.74) is 0. The maximum absolute atomic E-state index is 9.10. The van der Waals surface area contributed by atoms with Crippen molar-refractivity contribution in [2.75, 3.05) is 19.6 Å². The molecule has 2 aromatic heterocycles. The standard InChI is InChI=1S/C11H10N6O.C2H2O4/c12-2-5-17-6-8(7-17)11-15-10(16-18-11)9-13-3-1-4-14-9;3-1(4)2(5)6/h1,3-4,8H,5-7H2;(H,3,4)(H,5,6). The molecule has 0 aromatic carbocycles. The zero-order valence-corrected chi connectivity index (χ0v) is 12.2. The van der Waals surface area contributed by atoms with Crippen LogP contribution in [0.3, 0.4) is 0 Å². The van der Waals surface area contributed by atoms with Crippen molar-refractivity contribution < 1.29 is 24.3 Å². The van der Waals surface area contributed by atoms with E-state index in [9.17, 15) is 0 Å². The Morgan fingerprint density at radius 3 is 2.42 bits per heavy atom. The Balaban J connectivity index is 0.000000301. The molecule has 2 N–H and O–H groups in total. The Kier molecular flexibility index (Phi) is 5.48. The van der Waals surface area contributed by atoms with Crippen LogP contribution >= 0.6 is 0 Å². The molecule has 24 heavy (non-hydrogen) atoms. The molecule has 0 saturated carbocycles. The lowest BCUT2D eigenvalue weighted by Gasteiger charge is -2.34. The van der Waals surface area contributed by atoms with Gasteiger partial charge in [0.15, 0.2) is 0 Å². The van der Waals surface area contributed by atoms with Gasteiger partial charge in [0, 0.05) is 25.5 Å². The molecule has 1 saturated heterocycles. The normalized spacial score (nSPS) is 14.0. The topological polar surface area (TPSA) is 166 Å². The molecule has 0 amide bonds. The Morgan fingerprint density at radius 1 is 1.25 bits per heavy atom. The monoisotopic (exact) mass is 332 g/mol. The van der Waals surface area contributed by atoms with Gasteiger partial charge < -0.3 is 14.7 Å². The van der Waals surface area contributed by atoms with Crippen LogP contribution in [0.25, 0.3) is 11.6 Å². The van der Waals surface area contributed by atoms with E-state index in [-0.39, 0.29) is 5.92 Å². The second-order valence-electron chi connectivity index (χ2n) is 4.69. The highest BCUT2D eigenvalue weighted by molar-refractivity contribution is 6.27. The Hall–Kier alpha value is -3.39. The van der Waals surface area contributed by atoms with Crippen molar-refractivity contribution in [1.82, 2.24) is 25.0 Å². The van der Waals surface area contributed by atoms with E-state index in [2.05, 4.69) is 26.2 Å². The molecule has 11 nitrogen and oxygen atoms in total. The fourth-order valence-electron chi connectivity index (χ4n) is 1.86. The van der Waals surface area contributed by atoms with Crippen molar-refractivity contribution in [2.24, 2.45) is 0 Å². The van der Waals surface area contributed by atoms with Gasteiger partial charge in [-0.3, -0.25) is 4.90 Å². The van der Waals surface area contributed by atoms with Crippen LogP contribution in [0, 0.1) is 11.3 Å². The van der Waals surface area contributed by atoms with Gasteiger partial charge >= 0.3 is 11.9 Å². The van der Waals surface area contributed by atoms with Crippen molar-refractivity contribution in [3.63, 3.8) is 0 Å². The number of carboxylic acids is 2. The first-order valence-electron chi connectivity index (χ1n) is 6.67. The molecular formula is C13H12N6O5. The van der Waals surface area contributed by atoms with Crippen molar-refractivity contribution in [3.05, 3.63) is 24.4 Å². The molecule has 1 aliphatic rings. The van der Waals surface area contributed by atoms with E-state index in [1.54, 1.807) is 18.5 Å². The number of rotatable bonds is 3. The van der Waals surface area contributed by atoms with E-state index in [1.165, 1.54) is 0 Å². The summed E-state index contributed by atoms with van der Waals surface area (Å²) in [6, 6.07) is 3.84. The molecular weight excluding hydrogens is 320 g/mol. The van der Waals surface area contributed by atoms with Crippen LogP contribution in [0.15, 0.2) is 23.0 Å². The van der Waals surface area contributed by atoms with Gasteiger partial charge in [0.2, 0.25) is 17.5 Å². The maximum Gasteiger partial charge on any atom is 0.414 e. The van der Waals surface area contributed by atoms with Gasteiger partial charge in [-0.15, -0.1) is 0 Å². The van der Waals surface area contributed by atoms with E-state index < -0.39 is 11.9 Å². The minimum atomic E-state index is -1.82. The third-order valence-corrected chi connectivity index (χ3v) is 2.99. The molecule has 11 heteroatoms. The second kappa shape index (κ2) is 7.75. The van der Waals surface area contributed by atoms with Gasteiger partial charge in [0.1, 0.15) is 0 Å². The van der Waals surface area contributed by atoms with Gasteiger partial charge in [0.25, 0.3) is 0 Å². The molecule has 0 spiro atoms. The first-order chi connectivity index (χ1) is 11.5. The highest BCUT2D eigenvalue weighted by Gasteiger charge is 2.32.